The number of anilines is 1. The Kier molecular flexibility index (Phi) is 13.4. The topological polar surface area (TPSA) is 75.3 Å². The predicted octanol–water partition coefficient (Wildman–Crippen LogP) is 2.15. The van der Waals surface area contributed by atoms with Crippen LogP contribution in [-0.2, 0) is 23.7 Å². The van der Waals surface area contributed by atoms with Gasteiger partial charge in [-0.05, 0) is 24.3 Å². The Morgan fingerprint density at radius 3 is 1.81 bits per heavy atom. The summed E-state index contributed by atoms with van der Waals surface area (Å²) in [6.07, 6.45) is 0.507. The van der Waals surface area contributed by atoms with Crippen molar-refractivity contribution < 1.29 is 28.5 Å². The standard InChI is InChI=1S/C19H31NO6/c1-3-18(21)16-25-13-12-23-9-8-22-10-11-24-14-15-26-19-6-4-17(20-2)5-7-19/h4-7,20H,3,8-16H2,1-2H3. The number of nitrogens with one attached hydrogen (secondary N) is 1. The van der Waals surface area contributed by atoms with Crippen molar-refractivity contribution in [2.24, 2.45) is 0 Å². The number of benzene rings is 1. The van der Waals surface area contributed by atoms with E-state index in [9.17, 15) is 4.79 Å². The van der Waals surface area contributed by atoms with Gasteiger partial charge in [0.05, 0.1) is 46.2 Å². The van der Waals surface area contributed by atoms with Gasteiger partial charge in [0.2, 0.25) is 0 Å². The SMILES string of the molecule is CCC(=O)COCCOCCOCCOCCOc1ccc(NC)cc1. The molecule has 0 aliphatic carbocycles. The molecule has 26 heavy (non-hydrogen) atoms. The second-order valence-corrected chi connectivity index (χ2v) is 5.40. The fourth-order valence-corrected chi connectivity index (χ4v) is 1.88. The lowest BCUT2D eigenvalue weighted by Crippen LogP contribution is -2.15. The average molecular weight is 369 g/mol. The quantitative estimate of drug-likeness (QED) is 0.422. The molecule has 0 aromatic heterocycles. The molecule has 0 fully saturated rings. The van der Waals surface area contributed by atoms with Crippen LogP contribution in [0.25, 0.3) is 0 Å². The van der Waals surface area contributed by atoms with Gasteiger partial charge in [0.15, 0.2) is 5.78 Å². The van der Waals surface area contributed by atoms with E-state index in [1.807, 2.05) is 38.2 Å². The molecule has 0 amide bonds. The first-order chi connectivity index (χ1) is 12.8. The third-order valence-corrected chi connectivity index (χ3v) is 3.41. The summed E-state index contributed by atoms with van der Waals surface area (Å²) in [4.78, 5) is 11.0. The van der Waals surface area contributed by atoms with Crippen molar-refractivity contribution in [2.45, 2.75) is 13.3 Å². The minimum atomic E-state index is 0.102. The second kappa shape index (κ2) is 15.6. The van der Waals surface area contributed by atoms with Crippen LogP contribution in [0.4, 0.5) is 5.69 Å². The molecule has 1 aromatic carbocycles. The highest BCUT2D eigenvalue weighted by atomic mass is 16.6. The number of ether oxygens (including phenoxy) is 5. The molecule has 0 aliphatic rings. The van der Waals surface area contributed by atoms with Gasteiger partial charge in [-0.2, -0.15) is 0 Å². The van der Waals surface area contributed by atoms with E-state index in [0.717, 1.165) is 11.4 Å². The number of ketones is 1. The van der Waals surface area contributed by atoms with Crippen LogP contribution in [-0.4, -0.2) is 72.3 Å². The largest absolute Gasteiger partial charge is 0.491 e. The molecule has 7 heteroatoms. The van der Waals surface area contributed by atoms with Gasteiger partial charge in [-0.3, -0.25) is 4.79 Å². The van der Waals surface area contributed by atoms with Crippen molar-refractivity contribution in [2.75, 3.05) is 71.8 Å². The van der Waals surface area contributed by atoms with Gasteiger partial charge in [0.25, 0.3) is 0 Å². The molecule has 0 atom stereocenters. The number of Topliss-reactive ketones (excluding diaryl/α,β-unsaturated/α-hetero) is 1. The van der Waals surface area contributed by atoms with Crippen molar-refractivity contribution in [1.29, 1.82) is 0 Å². The summed E-state index contributed by atoms with van der Waals surface area (Å²) in [6.45, 7) is 5.92. The number of hydrogen-bond acceptors (Lipinski definition) is 7. The molecule has 0 unspecified atom stereocenters. The summed E-state index contributed by atoms with van der Waals surface area (Å²) in [7, 11) is 1.88. The summed E-state index contributed by atoms with van der Waals surface area (Å²) < 4.78 is 26.9. The Morgan fingerprint density at radius 1 is 0.808 bits per heavy atom. The summed E-state index contributed by atoms with van der Waals surface area (Å²) in [6, 6.07) is 7.76. The number of carbonyl (C=O) groups excluding carboxylic acids is 1. The van der Waals surface area contributed by atoms with Crippen LogP contribution in [0.3, 0.4) is 0 Å². The van der Waals surface area contributed by atoms with E-state index in [4.69, 9.17) is 23.7 Å². The third-order valence-electron chi connectivity index (χ3n) is 3.41. The molecule has 0 saturated carbocycles. The molecular formula is C19H31NO6. The molecule has 0 saturated heterocycles. The molecule has 0 spiro atoms. The van der Waals surface area contributed by atoms with Crippen LogP contribution in [0.5, 0.6) is 5.75 Å². The molecule has 1 rings (SSSR count). The summed E-state index contributed by atoms with van der Waals surface area (Å²) >= 11 is 0. The highest BCUT2D eigenvalue weighted by molar-refractivity contribution is 5.79. The van der Waals surface area contributed by atoms with Crippen LogP contribution in [0, 0.1) is 0 Å². The summed E-state index contributed by atoms with van der Waals surface area (Å²) in [5, 5.41) is 3.06. The van der Waals surface area contributed by atoms with Gasteiger partial charge in [0, 0.05) is 19.2 Å². The maximum atomic E-state index is 11.0. The van der Waals surface area contributed by atoms with E-state index in [-0.39, 0.29) is 12.4 Å². The lowest BCUT2D eigenvalue weighted by Gasteiger charge is -2.09. The maximum Gasteiger partial charge on any atom is 0.158 e. The maximum absolute atomic E-state index is 11.0. The Morgan fingerprint density at radius 2 is 1.31 bits per heavy atom. The second-order valence-electron chi connectivity index (χ2n) is 5.40. The van der Waals surface area contributed by atoms with Gasteiger partial charge in [-0.1, -0.05) is 6.92 Å². The zero-order chi connectivity index (χ0) is 18.9. The van der Waals surface area contributed by atoms with Gasteiger partial charge < -0.3 is 29.0 Å². The van der Waals surface area contributed by atoms with Crippen molar-refractivity contribution in [3.63, 3.8) is 0 Å². The van der Waals surface area contributed by atoms with E-state index in [2.05, 4.69) is 5.32 Å². The van der Waals surface area contributed by atoms with Crippen LogP contribution < -0.4 is 10.1 Å². The van der Waals surface area contributed by atoms with Crippen molar-refractivity contribution in [3.8, 4) is 5.75 Å². The van der Waals surface area contributed by atoms with Crippen molar-refractivity contribution in [1.82, 2.24) is 0 Å². The van der Waals surface area contributed by atoms with Crippen LogP contribution in [0.1, 0.15) is 13.3 Å². The normalized spacial score (nSPS) is 10.7. The average Bonchev–Trinajstić information content (AvgIpc) is 2.68. The molecule has 0 aliphatic heterocycles. The van der Waals surface area contributed by atoms with E-state index in [1.54, 1.807) is 0 Å². The third kappa shape index (κ3) is 11.8. The summed E-state index contributed by atoms with van der Waals surface area (Å²) in [5.74, 6) is 0.925. The highest BCUT2D eigenvalue weighted by Crippen LogP contribution is 2.14. The number of rotatable bonds is 17. The van der Waals surface area contributed by atoms with Gasteiger partial charge in [-0.15, -0.1) is 0 Å². The minimum absolute atomic E-state index is 0.102. The van der Waals surface area contributed by atoms with Gasteiger partial charge in [0.1, 0.15) is 19.0 Å². The van der Waals surface area contributed by atoms with Gasteiger partial charge >= 0.3 is 0 Å². The first kappa shape index (κ1) is 22.4. The first-order valence-electron chi connectivity index (χ1n) is 8.99. The fraction of sp³-hybridized carbons (Fsp3) is 0.632. The fourth-order valence-electron chi connectivity index (χ4n) is 1.88. The van der Waals surface area contributed by atoms with E-state index in [1.165, 1.54) is 0 Å². The van der Waals surface area contributed by atoms with E-state index < -0.39 is 0 Å². The lowest BCUT2D eigenvalue weighted by atomic mass is 10.3. The van der Waals surface area contributed by atoms with Crippen LogP contribution in [0.15, 0.2) is 24.3 Å². The molecular weight excluding hydrogens is 338 g/mol. The van der Waals surface area contributed by atoms with Crippen molar-refractivity contribution >= 4 is 11.5 Å². The predicted molar refractivity (Wildman–Crippen MR) is 100 cm³/mol. The van der Waals surface area contributed by atoms with Crippen LogP contribution >= 0.6 is 0 Å². The first-order valence-corrected chi connectivity index (χ1v) is 8.99. The smallest absolute Gasteiger partial charge is 0.158 e. The molecule has 7 nitrogen and oxygen atoms in total. The minimum Gasteiger partial charge on any atom is -0.491 e. The Labute approximate surface area is 155 Å². The highest BCUT2D eigenvalue weighted by Gasteiger charge is 1.98. The molecule has 0 radical (unpaired) electrons. The zero-order valence-electron chi connectivity index (χ0n) is 15.8. The summed E-state index contributed by atoms with van der Waals surface area (Å²) in [5.41, 5.74) is 1.05. The molecule has 0 heterocycles. The monoisotopic (exact) mass is 369 g/mol. The molecule has 0 bridgehead atoms. The zero-order valence-corrected chi connectivity index (χ0v) is 15.8. The lowest BCUT2D eigenvalue weighted by molar-refractivity contribution is -0.123. The van der Waals surface area contributed by atoms with Gasteiger partial charge in [-0.25, -0.2) is 0 Å². The number of hydrogen-bond donors (Lipinski definition) is 1. The Hall–Kier alpha value is -1.67. The van der Waals surface area contributed by atoms with E-state index in [0.29, 0.717) is 59.3 Å². The van der Waals surface area contributed by atoms with Crippen LogP contribution in [0.2, 0.25) is 0 Å². The molecule has 1 aromatic rings. The van der Waals surface area contributed by atoms with E-state index >= 15 is 0 Å². The molecule has 1 N–H and O–H groups in total. The van der Waals surface area contributed by atoms with Crippen molar-refractivity contribution in [3.05, 3.63) is 24.3 Å². The molecule has 148 valence electrons. The number of carbonyl (C=O) groups is 1. The Bertz CT molecular complexity index is 466. The Balaban J connectivity index is 1.80.